The van der Waals surface area contributed by atoms with E-state index < -0.39 is 0 Å². The minimum Gasteiger partial charge on any atom is -0.360 e. The highest BCUT2D eigenvalue weighted by Crippen LogP contribution is 2.59. The predicted molar refractivity (Wildman–Crippen MR) is 98.4 cm³/mol. The Labute approximate surface area is 151 Å². The number of aromatic nitrogens is 2. The summed E-state index contributed by atoms with van der Waals surface area (Å²) in [5, 5.41) is 15.4. The molecule has 0 unspecified atom stereocenters. The summed E-state index contributed by atoms with van der Waals surface area (Å²) in [6, 6.07) is 0. The molecule has 4 fully saturated rings. The van der Waals surface area contributed by atoms with E-state index in [1.807, 2.05) is 6.92 Å². The van der Waals surface area contributed by atoms with Crippen LogP contribution in [0, 0.1) is 23.2 Å². The SMILES string of the molecule is CCNc1nnc(SCC(=O)NCC23CC4CC(CC(C4)C2)C3)s1. The molecule has 132 valence electrons. The van der Waals surface area contributed by atoms with Crippen molar-refractivity contribution in [2.45, 2.75) is 49.8 Å². The third kappa shape index (κ3) is 3.57. The Balaban J connectivity index is 1.25. The average Bonchev–Trinajstić information content (AvgIpc) is 2.98. The van der Waals surface area contributed by atoms with E-state index in [0.29, 0.717) is 11.2 Å². The number of anilines is 1. The van der Waals surface area contributed by atoms with Crippen LogP contribution in [0.2, 0.25) is 0 Å². The monoisotopic (exact) mass is 366 g/mol. The lowest BCUT2D eigenvalue weighted by atomic mass is 9.49. The van der Waals surface area contributed by atoms with Crippen molar-refractivity contribution in [1.29, 1.82) is 0 Å². The summed E-state index contributed by atoms with van der Waals surface area (Å²) < 4.78 is 0.857. The molecule has 1 aromatic heterocycles. The fraction of sp³-hybridized carbons (Fsp3) is 0.824. The molecule has 24 heavy (non-hydrogen) atoms. The van der Waals surface area contributed by atoms with Crippen molar-refractivity contribution >= 4 is 34.1 Å². The molecule has 5 rings (SSSR count). The van der Waals surface area contributed by atoms with Gasteiger partial charge < -0.3 is 10.6 Å². The summed E-state index contributed by atoms with van der Waals surface area (Å²) in [6.07, 6.45) is 8.38. The van der Waals surface area contributed by atoms with Gasteiger partial charge in [0, 0.05) is 13.1 Å². The van der Waals surface area contributed by atoms with E-state index in [1.54, 1.807) is 0 Å². The molecule has 1 heterocycles. The summed E-state index contributed by atoms with van der Waals surface area (Å²) in [4.78, 5) is 12.3. The first-order chi connectivity index (χ1) is 11.6. The molecule has 0 radical (unpaired) electrons. The molecule has 7 heteroatoms. The van der Waals surface area contributed by atoms with E-state index in [0.717, 1.165) is 40.3 Å². The van der Waals surface area contributed by atoms with Crippen molar-refractivity contribution in [2.24, 2.45) is 23.2 Å². The largest absolute Gasteiger partial charge is 0.360 e. The van der Waals surface area contributed by atoms with Crippen LogP contribution in [-0.2, 0) is 4.79 Å². The molecule has 0 saturated heterocycles. The van der Waals surface area contributed by atoms with Gasteiger partial charge in [0.25, 0.3) is 0 Å². The van der Waals surface area contributed by atoms with E-state index in [9.17, 15) is 4.79 Å². The van der Waals surface area contributed by atoms with Crippen LogP contribution in [0.3, 0.4) is 0 Å². The highest BCUT2D eigenvalue weighted by atomic mass is 32.2. The maximum Gasteiger partial charge on any atom is 0.230 e. The van der Waals surface area contributed by atoms with Gasteiger partial charge in [0.15, 0.2) is 4.34 Å². The summed E-state index contributed by atoms with van der Waals surface area (Å²) in [5.74, 6) is 3.39. The summed E-state index contributed by atoms with van der Waals surface area (Å²) >= 11 is 3.00. The topological polar surface area (TPSA) is 66.9 Å². The van der Waals surface area contributed by atoms with E-state index in [4.69, 9.17) is 0 Å². The lowest BCUT2D eigenvalue weighted by Gasteiger charge is -2.56. The molecule has 4 aliphatic carbocycles. The molecule has 2 N–H and O–H groups in total. The zero-order valence-corrected chi connectivity index (χ0v) is 15.8. The van der Waals surface area contributed by atoms with E-state index in [2.05, 4.69) is 20.8 Å². The van der Waals surface area contributed by atoms with Crippen LogP contribution in [0.4, 0.5) is 5.13 Å². The Hall–Kier alpha value is -0.820. The second kappa shape index (κ2) is 6.83. The smallest absolute Gasteiger partial charge is 0.230 e. The first-order valence-corrected chi connectivity index (χ1v) is 10.9. The van der Waals surface area contributed by atoms with Crippen molar-refractivity contribution < 1.29 is 4.79 Å². The molecule has 0 atom stereocenters. The van der Waals surface area contributed by atoms with Crippen LogP contribution >= 0.6 is 23.1 Å². The second-order valence-electron chi connectivity index (χ2n) is 7.89. The number of amides is 1. The Morgan fingerprint density at radius 3 is 2.50 bits per heavy atom. The average molecular weight is 367 g/mol. The van der Waals surface area contributed by atoms with E-state index in [-0.39, 0.29) is 5.91 Å². The van der Waals surface area contributed by atoms with Crippen LogP contribution in [-0.4, -0.2) is 34.9 Å². The molecule has 0 spiro atoms. The fourth-order valence-electron chi connectivity index (χ4n) is 5.46. The standard InChI is InChI=1S/C17H26N4OS2/c1-2-18-15-20-21-16(24-15)23-9-14(22)19-10-17-6-11-3-12(7-17)5-13(4-11)8-17/h11-13H,2-10H2,1H3,(H,18,20)(H,19,22). The molecule has 0 aliphatic heterocycles. The molecule has 0 aromatic carbocycles. The third-order valence-electron chi connectivity index (χ3n) is 5.89. The number of carbonyl (C=O) groups excluding carboxylic acids is 1. The van der Waals surface area contributed by atoms with Crippen LogP contribution < -0.4 is 10.6 Å². The highest BCUT2D eigenvalue weighted by molar-refractivity contribution is 8.01. The lowest BCUT2D eigenvalue weighted by Crippen LogP contribution is -2.51. The summed E-state index contributed by atoms with van der Waals surface area (Å²) in [5.41, 5.74) is 0.413. The van der Waals surface area contributed by atoms with Crippen LogP contribution in [0.25, 0.3) is 0 Å². The fourth-order valence-corrected chi connectivity index (χ4v) is 7.11. The maximum absolute atomic E-state index is 12.3. The van der Waals surface area contributed by atoms with Gasteiger partial charge in [0.05, 0.1) is 5.75 Å². The van der Waals surface area contributed by atoms with E-state index >= 15 is 0 Å². The van der Waals surface area contributed by atoms with Crippen molar-refractivity contribution in [3.63, 3.8) is 0 Å². The van der Waals surface area contributed by atoms with Crippen molar-refractivity contribution in [3.05, 3.63) is 0 Å². The molecule has 1 aromatic rings. The number of rotatable bonds is 7. The van der Waals surface area contributed by atoms with Gasteiger partial charge in [-0.25, -0.2) is 0 Å². The quantitative estimate of drug-likeness (QED) is 0.724. The summed E-state index contributed by atoms with van der Waals surface area (Å²) in [7, 11) is 0. The Morgan fingerprint density at radius 1 is 1.21 bits per heavy atom. The van der Waals surface area contributed by atoms with Crippen LogP contribution in [0.15, 0.2) is 4.34 Å². The number of hydrogen-bond acceptors (Lipinski definition) is 6. The number of hydrogen-bond donors (Lipinski definition) is 2. The van der Waals surface area contributed by atoms with Gasteiger partial charge >= 0.3 is 0 Å². The number of nitrogens with zero attached hydrogens (tertiary/aromatic N) is 2. The zero-order valence-electron chi connectivity index (χ0n) is 14.2. The maximum atomic E-state index is 12.3. The van der Waals surface area contributed by atoms with Crippen molar-refractivity contribution in [2.75, 3.05) is 24.2 Å². The van der Waals surface area contributed by atoms with Crippen LogP contribution in [0.1, 0.15) is 45.4 Å². The Bertz CT molecular complexity index is 568. The van der Waals surface area contributed by atoms with Gasteiger partial charge in [-0.2, -0.15) is 0 Å². The minimum absolute atomic E-state index is 0.135. The molecule has 4 aliphatic rings. The summed E-state index contributed by atoms with van der Waals surface area (Å²) in [6.45, 7) is 3.76. The van der Waals surface area contributed by atoms with Gasteiger partial charge in [-0.1, -0.05) is 23.1 Å². The normalized spacial score (nSPS) is 33.6. The molecular formula is C17H26N4OS2. The van der Waals surface area contributed by atoms with Crippen LogP contribution in [0.5, 0.6) is 0 Å². The van der Waals surface area contributed by atoms with Gasteiger partial charge in [-0.15, -0.1) is 10.2 Å². The molecule has 5 nitrogen and oxygen atoms in total. The lowest BCUT2D eigenvalue weighted by molar-refractivity contribution is -0.120. The number of carbonyl (C=O) groups is 1. The van der Waals surface area contributed by atoms with Crippen molar-refractivity contribution in [1.82, 2.24) is 15.5 Å². The Kier molecular flexibility index (Phi) is 4.73. The molecule has 4 saturated carbocycles. The van der Waals surface area contributed by atoms with Gasteiger partial charge in [0.2, 0.25) is 11.0 Å². The van der Waals surface area contributed by atoms with Gasteiger partial charge in [0.1, 0.15) is 0 Å². The number of thioether (sulfide) groups is 1. The first kappa shape index (κ1) is 16.6. The Morgan fingerprint density at radius 2 is 1.88 bits per heavy atom. The first-order valence-electron chi connectivity index (χ1n) is 9.11. The molecule has 4 bridgehead atoms. The van der Waals surface area contributed by atoms with Gasteiger partial charge in [-0.3, -0.25) is 4.79 Å². The second-order valence-corrected chi connectivity index (χ2v) is 10.1. The van der Waals surface area contributed by atoms with Crippen molar-refractivity contribution in [3.8, 4) is 0 Å². The van der Waals surface area contributed by atoms with Gasteiger partial charge in [-0.05, 0) is 68.6 Å². The minimum atomic E-state index is 0.135. The number of nitrogens with one attached hydrogen (secondary N) is 2. The highest BCUT2D eigenvalue weighted by Gasteiger charge is 2.50. The molecular weight excluding hydrogens is 340 g/mol. The predicted octanol–water partition coefficient (Wildman–Crippen LogP) is 3.39. The van der Waals surface area contributed by atoms with E-state index in [1.165, 1.54) is 61.6 Å². The zero-order chi connectivity index (χ0) is 16.6. The third-order valence-corrected chi connectivity index (χ3v) is 7.90. The molecule has 1 amide bonds.